The zero-order valence-electron chi connectivity index (χ0n) is 21.3. The number of carbonyl (C=O) groups is 3. The van der Waals surface area contributed by atoms with Crippen LogP contribution in [0, 0.1) is 23.2 Å². The van der Waals surface area contributed by atoms with Gasteiger partial charge in [0.05, 0.1) is 28.9 Å². The van der Waals surface area contributed by atoms with Crippen LogP contribution in [0.3, 0.4) is 0 Å². The fourth-order valence-electron chi connectivity index (χ4n) is 6.50. The average molecular weight is 535 g/mol. The number of Topliss-reactive ketones (excluding diaryl/α,β-unsaturated/α-hetero) is 1. The van der Waals surface area contributed by atoms with E-state index >= 15 is 0 Å². The SMILES string of the molecule is CN1C(=O)N(c2cccc(C(F)(F)F)c2)C2=C(C(=O)CC2)C1c1ccc(C#N)cc1C(=O)N(C)C1C2CC1C2. The molecule has 2 aromatic carbocycles. The average Bonchev–Trinajstić information content (AvgIpc) is 3.22. The van der Waals surface area contributed by atoms with Crippen molar-refractivity contribution < 1.29 is 27.6 Å². The van der Waals surface area contributed by atoms with Crippen LogP contribution in [0.25, 0.3) is 0 Å². The number of anilines is 1. The highest BCUT2D eigenvalue weighted by molar-refractivity contribution is 6.09. The molecule has 3 saturated carbocycles. The van der Waals surface area contributed by atoms with Crippen molar-refractivity contribution in [3.8, 4) is 6.07 Å². The van der Waals surface area contributed by atoms with Crippen molar-refractivity contribution in [2.45, 2.75) is 43.9 Å². The summed E-state index contributed by atoms with van der Waals surface area (Å²) in [5.74, 6) is 0.423. The number of hydrogen-bond acceptors (Lipinski definition) is 4. The van der Waals surface area contributed by atoms with Crippen molar-refractivity contribution in [1.82, 2.24) is 9.80 Å². The molecule has 1 heterocycles. The minimum absolute atomic E-state index is 0.0161. The minimum Gasteiger partial charge on any atom is -0.338 e. The lowest BCUT2D eigenvalue weighted by Crippen LogP contribution is -2.63. The normalized spacial score (nSPS) is 25.6. The number of amides is 3. The van der Waals surface area contributed by atoms with Gasteiger partial charge in [0.25, 0.3) is 5.91 Å². The Hall–Kier alpha value is -4.13. The van der Waals surface area contributed by atoms with Crippen LogP contribution in [0.1, 0.15) is 58.8 Å². The molecule has 0 aromatic heterocycles. The number of ketones is 1. The Morgan fingerprint density at radius 2 is 1.79 bits per heavy atom. The second-order valence-corrected chi connectivity index (χ2v) is 10.8. The predicted molar refractivity (Wildman–Crippen MR) is 134 cm³/mol. The summed E-state index contributed by atoms with van der Waals surface area (Å²) in [6.07, 6.45) is -2.11. The zero-order valence-corrected chi connectivity index (χ0v) is 21.3. The lowest BCUT2D eigenvalue weighted by molar-refractivity contribution is -0.137. The number of halogens is 3. The van der Waals surface area contributed by atoms with Gasteiger partial charge in [0.2, 0.25) is 0 Å². The lowest BCUT2D eigenvalue weighted by atomic mass is 9.51. The Kier molecular flexibility index (Phi) is 5.61. The highest BCUT2D eigenvalue weighted by atomic mass is 19.4. The Morgan fingerprint density at radius 3 is 2.41 bits per heavy atom. The number of likely N-dealkylation sites (N-methyl/N-ethyl adjacent to an activating group) is 1. The van der Waals surface area contributed by atoms with E-state index in [1.165, 1.54) is 35.0 Å². The van der Waals surface area contributed by atoms with Crippen LogP contribution in [0.5, 0.6) is 0 Å². The first-order valence-electron chi connectivity index (χ1n) is 12.8. The van der Waals surface area contributed by atoms with E-state index < -0.39 is 23.8 Å². The van der Waals surface area contributed by atoms with Crippen molar-refractivity contribution >= 4 is 23.4 Å². The third kappa shape index (κ3) is 3.74. The van der Waals surface area contributed by atoms with Gasteiger partial charge in [-0.2, -0.15) is 18.4 Å². The molecule has 1 atom stereocenters. The van der Waals surface area contributed by atoms with E-state index in [1.54, 1.807) is 24.1 Å². The topological polar surface area (TPSA) is 84.7 Å². The first kappa shape index (κ1) is 25.2. The van der Waals surface area contributed by atoms with Crippen molar-refractivity contribution in [3.05, 3.63) is 76.0 Å². The second kappa shape index (κ2) is 8.70. The molecule has 2 bridgehead atoms. The number of carbonyl (C=O) groups excluding carboxylic acids is 3. The summed E-state index contributed by atoms with van der Waals surface area (Å²) in [6, 6.07) is 9.78. The maximum Gasteiger partial charge on any atom is 0.416 e. The van der Waals surface area contributed by atoms with Gasteiger partial charge in [-0.05, 0) is 67.0 Å². The van der Waals surface area contributed by atoms with E-state index in [1.807, 2.05) is 0 Å². The molecule has 4 aliphatic carbocycles. The molecule has 7 rings (SSSR count). The molecule has 1 unspecified atom stereocenters. The van der Waals surface area contributed by atoms with Gasteiger partial charge in [0.15, 0.2) is 5.78 Å². The van der Waals surface area contributed by atoms with Gasteiger partial charge in [-0.3, -0.25) is 14.5 Å². The molecule has 1 aliphatic heterocycles. The summed E-state index contributed by atoms with van der Waals surface area (Å²) < 4.78 is 40.3. The van der Waals surface area contributed by atoms with Gasteiger partial charge in [-0.1, -0.05) is 12.1 Å². The van der Waals surface area contributed by atoms with E-state index in [2.05, 4.69) is 6.07 Å². The summed E-state index contributed by atoms with van der Waals surface area (Å²) in [7, 11) is 3.21. The molecule has 3 fully saturated rings. The third-order valence-corrected chi connectivity index (χ3v) is 8.71. The monoisotopic (exact) mass is 534 g/mol. The van der Waals surface area contributed by atoms with Crippen molar-refractivity contribution in [1.29, 1.82) is 5.26 Å². The molecule has 0 radical (unpaired) electrons. The molecule has 0 spiro atoms. The molecule has 0 saturated heterocycles. The predicted octanol–water partition coefficient (Wildman–Crippen LogP) is 5.29. The molecule has 200 valence electrons. The smallest absolute Gasteiger partial charge is 0.338 e. The summed E-state index contributed by atoms with van der Waals surface area (Å²) >= 11 is 0. The summed E-state index contributed by atoms with van der Waals surface area (Å²) in [5.41, 5.74) is 0.666. The standard InChI is InChI=1S/C29H25F3N4O3/c1-34(25-16-11-17(25)12-16)27(38)21-10-15(14-33)6-7-20(21)26-24-22(8-9-23(24)37)36(28(39)35(26)2)19-5-3-4-18(13-19)29(30,31)32/h3-7,10,13,16-17,25-26H,8-9,11-12H2,1-2H3. The summed E-state index contributed by atoms with van der Waals surface area (Å²) in [5, 5.41) is 9.54. The quantitative estimate of drug-likeness (QED) is 0.534. The highest BCUT2D eigenvalue weighted by Crippen LogP contribution is 2.56. The van der Waals surface area contributed by atoms with E-state index in [9.17, 15) is 32.8 Å². The number of allylic oxidation sites excluding steroid dienone is 1. The minimum atomic E-state index is -4.60. The van der Waals surface area contributed by atoms with E-state index in [0.717, 1.165) is 25.0 Å². The van der Waals surface area contributed by atoms with Crippen LogP contribution >= 0.6 is 0 Å². The Balaban J connectivity index is 1.46. The first-order valence-corrected chi connectivity index (χ1v) is 12.8. The molecule has 3 amide bonds. The van der Waals surface area contributed by atoms with Crippen LogP contribution in [-0.4, -0.2) is 47.7 Å². The Morgan fingerprint density at radius 1 is 1.08 bits per heavy atom. The lowest BCUT2D eigenvalue weighted by Gasteiger charge is -2.61. The van der Waals surface area contributed by atoms with Crippen molar-refractivity contribution in [3.63, 3.8) is 0 Å². The van der Waals surface area contributed by atoms with Crippen LogP contribution in [0.4, 0.5) is 23.7 Å². The maximum atomic E-state index is 13.8. The maximum absolute atomic E-state index is 13.8. The van der Waals surface area contributed by atoms with Gasteiger partial charge in [-0.15, -0.1) is 0 Å². The van der Waals surface area contributed by atoms with Gasteiger partial charge < -0.3 is 9.80 Å². The van der Waals surface area contributed by atoms with E-state index in [4.69, 9.17) is 0 Å². The fourth-order valence-corrected chi connectivity index (χ4v) is 6.50. The second-order valence-electron chi connectivity index (χ2n) is 10.8. The van der Waals surface area contributed by atoms with Crippen molar-refractivity contribution in [2.24, 2.45) is 11.8 Å². The van der Waals surface area contributed by atoms with Crippen LogP contribution in [0.2, 0.25) is 0 Å². The third-order valence-electron chi connectivity index (χ3n) is 8.71. The van der Waals surface area contributed by atoms with Gasteiger partial charge in [0.1, 0.15) is 0 Å². The van der Waals surface area contributed by atoms with Crippen molar-refractivity contribution in [2.75, 3.05) is 19.0 Å². The number of alkyl halides is 3. The first-order chi connectivity index (χ1) is 18.5. The molecular weight excluding hydrogens is 509 g/mol. The zero-order chi connectivity index (χ0) is 27.8. The van der Waals surface area contributed by atoms with Crippen LogP contribution < -0.4 is 4.90 Å². The molecule has 39 heavy (non-hydrogen) atoms. The number of nitriles is 1. The largest absolute Gasteiger partial charge is 0.416 e. The van der Waals surface area contributed by atoms with E-state index in [0.29, 0.717) is 23.1 Å². The molecular formula is C29H25F3N4O3. The van der Waals surface area contributed by atoms with Gasteiger partial charge >= 0.3 is 12.2 Å². The summed E-state index contributed by atoms with van der Waals surface area (Å²) in [6.45, 7) is 0. The Labute approximate surface area is 223 Å². The summed E-state index contributed by atoms with van der Waals surface area (Å²) in [4.78, 5) is 44.9. The van der Waals surface area contributed by atoms with Crippen LogP contribution in [-0.2, 0) is 11.0 Å². The molecule has 10 heteroatoms. The molecule has 7 nitrogen and oxygen atoms in total. The van der Waals surface area contributed by atoms with E-state index in [-0.39, 0.29) is 53.0 Å². The van der Waals surface area contributed by atoms with Gasteiger partial charge in [0, 0.05) is 43.4 Å². The number of benzene rings is 2. The Bertz CT molecular complexity index is 1490. The number of rotatable bonds is 4. The van der Waals surface area contributed by atoms with Crippen LogP contribution in [0.15, 0.2) is 53.7 Å². The molecule has 0 N–H and O–H groups in total. The number of hydrogen-bond donors (Lipinski definition) is 0. The highest BCUT2D eigenvalue weighted by Gasteiger charge is 2.55. The number of nitrogens with zero attached hydrogens (tertiary/aromatic N) is 4. The fraction of sp³-hybridized carbons (Fsp3) is 0.379. The molecule has 2 aromatic rings. The molecule has 5 aliphatic rings. The number of urea groups is 1. The van der Waals surface area contributed by atoms with Gasteiger partial charge in [-0.25, -0.2) is 4.79 Å².